The predicted octanol–water partition coefficient (Wildman–Crippen LogP) is 1.49. The van der Waals surface area contributed by atoms with Crippen LogP contribution in [0.3, 0.4) is 0 Å². The first-order valence-electron chi connectivity index (χ1n) is 3.85. The molecule has 88 valence electrons. The van der Waals surface area contributed by atoms with E-state index < -0.39 is 28.4 Å². The lowest BCUT2D eigenvalue weighted by Gasteiger charge is -2.08. The van der Waals surface area contributed by atoms with Crippen molar-refractivity contribution in [3.8, 4) is 5.88 Å². The van der Waals surface area contributed by atoms with Crippen LogP contribution in [0.4, 0.5) is 19.0 Å². The highest BCUT2D eigenvalue weighted by Crippen LogP contribution is 2.23. The Morgan fingerprint density at radius 2 is 2.06 bits per heavy atom. The number of H-pyrrole nitrogens is 1. The normalized spacial score (nSPS) is 11.2. The molecule has 9 heteroatoms. The Bertz CT molecular complexity index is 480. The van der Waals surface area contributed by atoms with Crippen molar-refractivity contribution in [1.82, 2.24) is 4.98 Å². The predicted molar refractivity (Wildman–Crippen MR) is 45.1 cm³/mol. The van der Waals surface area contributed by atoms with Gasteiger partial charge in [0.05, 0.1) is 11.6 Å². The van der Waals surface area contributed by atoms with Crippen LogP contribution < -0.4 is 10.2 Å². The molecule has 1 aromatic heterocycles. The van der Waals surface area contributed by atoms with Gasteiger partial charge in [0.15, 0.2) is 5.43 Å². The molecule has 0 aromatic carbocycles. The van der Waals surface area contributed by atoms with E-state index in [1.54, 1.807) is 4.98 Å². The summed E-state index contributed by atoms with van der Waals surface area (Å²) >= 11 is 0. The van der Waals surface area contributed by atoms with Crippen molar-refractivity contribution in [2.24, 2.45) is 0 Å². The third kappa shape index (κ3) is 2.72. The number of nitrogens with one attached hydrogen (secondary N) is 1. The molecule has 6 nitrogen and oxygen atoms in total. The molecule has 0 aliphatic carbocycles. The average molecular weight is 238 g/mol. The second-order valence-electron chi connectivity index (χ2n) is 2.78. The van der Waals surface area contributed by atoms with Crippen molar-refractivity contribution in [2.75, 3.05) is 0 Å². The van der Waals surface area contributed by atoms with E-state index in [1.165, 1.54) is 0 Å². The molecule has 16 heavy (non-hydrogen) atoms. The van der Waals surface area contributed by atoms with E-state index in [9.17, 15) is 28.1 Å². The number of aromatic amines is 1. The lowest BCUT2D eigenvalue weighted by atomic mass is 10.3. The second kappa shape index (κ2) is 3.83. The number of halogens is 3. The van der Waals surface area contributed by atoms with E-state index in [-0.39, 0.29) is 5.56 Å². The highest BCUT2D eigenvalue weighted by atomic mass is 19.4. The highest BCUT2D eigenvalue weighted by molar-refractivity contribution is 5.32. The number of alkyl halides is 3. The van der Waals surface area contributed by atoms with Gasteiger partial charge in [-0.3, -0.25) is 4.79 Å². The lowest BCUT2D eigenvalue weighted by Crippen LogP contribution is -2.21. The minimum absolute atomic E-state index is 0.386. The van der Waals surface area contributed by atoms with Gasteiger partial charge >= 0.3 is 12.2 Å². The summed E-state index contributed by atoms with van der Waals surface area (Å²) in [5.41, 5.74) is -1.30. The molecule has 0 saturated carbocycles. The maximum absolute atomic E-state index is 11.9. The molecule has 0 radical (unpaired) electrons. The lowest BCUT2D eigenvalue weighted by molar-refractivity contribution is -0.390. The van der Waals surface area contributed by atoms with Gasteiger partial charge in [-0.25, -0.2) is 4.98 Å². The van der Waals surface area contributed by atoms with Gasteiger partial charge in [0, 0.05) is 0 Å². The molecular formula is C7H5F3N2O4. The number of rotatable bonds is 2. The Morgan fingerprint density at radius 3 is 2.50 bits per heavy atom. The first kappa shape index (κ1) is 12.0. The first-order chi connectivity index (χ1) is 7.20. The largest absolute Gasteiger partial charge is 0.575 e. The average Bonchev–Trinajstić information content (AvgIpc) is 2.10. The number of pyridine rings is 1. The van der Waals surface area contributed by atoms with Crippen molar-refractivity contribution in [2.45, 2.75) is 13.3 Å². The fourth-order valence-electron chi connectivity index (χ4n) is 0.907. The standard InChI is InChI=1S/C7H5F3N2O4/c1-3-4(13)2-5(12(14)15)11-6(3)16-7(8,9)10/h2H,1H3,(H,11,13). The molecule has 0 atom stereocenters. The van der Waals surface area contributed by atoms with Crippen LogP contribution in [0, 0.1) is 17.0 Å². The molecule has 0 unspecified atom stereocenters. The van der Waals surface area contributed by atoms with Gasteiger partial charge in [-0.2, -0.15) is 0 Å². The van der Waals surface area contributed by atoms with Crippen LogP contribution in [0.15, 0.2) is 10.9 Å². The Kier molecular flexibility index (Phi) is 2.88. The SMILES string of the molecule is Cc1c(OC(F)(F)F)[nH]c([N+](=O)[O-])cc1=O. The van der Waals surface area contributed by atoms with Crippen molar-refractivity contribution in [3.63, 3.8) is 0 Å². The van der Waals surface area contributed by atoms with Crippen molar-refractivity contribution < 1.29 is 22.8 Å². The van der Waals surface area contributed by atoms with Gasteiger partial charge in [0.2, 0.25) is 0 Å². The number of aromatic nitrogens is 1. The minimum atomic E-state index is -5.02. The number of nitrogens with zero attached hydrogens (tertiary/aromatic N) is 1. The summed E-state index contributed by atoms with van der Waals surface area (Å²) < 4.78 is 39.1. The van der Waals surface area contributed by atoms with Gasteiger partial charge in [-0.1, -0.05) is 0 Å². The summed E-state index contributed by atoms with van der Waals surface area (Å²) in [7, 11) is 0. The first-order valence-corrected chi connectivity index (χ1v) is 3.85. The summed E-state index contributed by atoms with van der Waals surface area (Å²) in [6.45, 7) is 1.06. The summed E-state index contributed by atoms with van der Waals surface area (Å²) in [5, 5.41) is 10.3. The molecule has 0 spiro atoms. The summed E-state index contributed by atoms with van der Waals surface area (Å²) in [6.07, 6.45) is -5.02. The van der Waals surface area contributed by atoms with Crippen molar-refractivity contribution in [1.29, 1.82) is 0 Å². The zero-order valence-corrected chi connectivity index (χ0v) is 7.79. The molecule has 1 heterocycles. The van der Waals surface area contributed by atoms with Gasteiger partial charge in [0.25, 0.3) is 5.88 Å². The minimum Gasteiger partial charge on any atom is -0.369 e. The fraction of sp³-hybridized carbons (Fsp3) is 0.286. The van der Waals surface area contributed by atoms with E-state index >= 15 is 0 Å². The van der Waals surface area contributed by atoms with Gasteiger partial charge in [-0.15, -0.1) is 13.2 Å². The Morgan fingerprint density at radius 1 is 1.50 bits per heavy atom. The molecular weight excluding hydrogens is 233 g/mol. The van der Waals surface area contributed by atoms with Gasteiger partial charge in [0.1, 0.15) is 0 Å². The number of nitro groups is 1. The molecule has 1 aromatic rings. The quantitative estimate of drug-likeness (QED) is 0.624. The van der Waals surface area contributed by atoms with Crippen LogP contribution in [-0.2, 0) is 0 Å². The number of hydrogen-bond donors (Lipinski definition) is 1. The van der Waals surface area contributed by atoms with E-state index in [2.05, 4.69) is 4.74 Å². The summed E-state index contributed by atoms with van der Waals surface area (Å²) in [6, 6.07) is 0.582. The van der Waals surface area contributed by atoms with E-state index in [1.807, 2.05) is 0 Å². The molecule has 0 amide bonds. The van der Waals surface area contributed by atoms with Crippen molar-refractivity contribution in [3.05, 3.63) is 32.0 Å². The third-order valence-corrected chi connectivity index (χ3v) is 1.63. The topological polar surface area (TPSA) is 85.2 Å². The zero-order valence-electron chi connectivity index (χ0n) is 7.79. The van der Waals surface area contributed by atoms with Crippen LogP contribution >= 0.6 is 0 Å². The van der Waals surface area contributed by atoms with Crippen LogP contribution in [0.5, 0.6) is 5.88 Å². The van der Waals surface area contributed by atoms with Gasteiger partial charge < -0.3 is 14.9 Å². The highest BCUT2D eigenvalue weighted by Gasteiger charge is 2.34. The maximum atomic E-state index is 11.9. The number of hydrogen-bond acceptors (Lipinski definition) is 4. The summed E-state index contributed by atoms with van der Waals surface area (Å²) in [4.78, 5) is 22.1. The molecule has 0 aliphatic heterocycles. The molecule has 1 rings (SSSR count). The molecule has 0 bridgehead atoms. The Hall–Kier alpha value is -2.06. The van der Waals surface area contributed by atoms with E-state index in [4.69, 9.17) is 0 Å². The fourth-order valence-corrected chi connectivity index (χ4v) is 0.907. The van der Waals surface area contributed by atoms with Crippen LogP contribution in [0.1, 0.15) is 5.56 Å². The third-order valence-electron chi connectivity index (χ3n) is 1.63. The van der Waals surface area contributed by atoms with Crippen LogP contribution in [0.2, 0.25) is 0 Å². The summed E-state index contributed by atoms with van der Waals surface area (Å²) in [5.74, 6) is -1.85. The van der Waals surface area contributed by atoms with E-state index in [0.717, 1.165) is 6.92 Å². The van der Waals surface area contributed by atoms with E-state index in [0.29, 0.717) is 6.07 Å². The molecule has 0 fully saturated rings. The second-order valence-corrected chi connectivity index (χ2v) is 2.78. The van der Waals surface area contributed by atoms with Gasteiger partial charge in [-0.05, 0) is 11.8 Å². The Balaban J connectivity index is 3.28. The Labute approximate surface area is 85.8 Å². The molecule has 1 N–H and O–H groups in total. The molecule has 0 aliphatic rings. The van der Waals surface area contributed by atoms with Crippen molar-refractivity contribution >= 4 is 5.82 Å². The monoisotopic (exact) mass is 238 g/mol. The van der Waals surface area contributed by atoms with Crippen LogP contribution in [-0.4, -0.2) is 16.3 Å². The van der Waals surface area contributed by atoms with Crippen LogP contribution in [0.25, 0.3) is 0 Å². The molecule has 0 saturated heterocycles. The number of ether oxygens (including phenoxy) is 1. The zero-order chi connectivity index (χ0) is 12.5. The maximum Gasteiger partial charge on any atom is 0.575 e. The smallest absolute Gasteiger partial charge is 0.369 e.